The van der Waals surface area contributed by atoms with E-state index in [0.717, 1.165) is 10.1 Å². The van der Waals surface area contributed by atoms with Crippen LogP contribution in [0.2, 0.25) is 0 Å². The van der Waals surface area contributed by atoms with Crippen LogP contribution in [-0.4, -0.2) is 16.2 Å². The van der Waals surface area contributed by atoms with Gasteiger partial charge in [0.25, 0.3) is 0 Å². The maximum Gasteiger partial charge on any atom is 0.320 e. The Balaban J connectivity index is 1.71. The molecule has 1 unspecified atom stereocenters. The molecule has 1 aromatic carbocycles. The van der Waals surface area contributed by atoms with Crippen LogP contribution in [0.5, 0.6) is 11.5 Å². The van der Waals surface area contributed by atoms with Gasteiger partial charge in [-0.15, -0.1) is 0 Å². The first-order valence-corrected chi connectivity index (χ1v) is 6.10. The Morgan fingerprint density at radius 1 is 1.50 bits per heavy atom. The average molecular weight is 281 g/mol. The zero-order valence-corrected chi connectivity index (χ0v) is 10.5. The van der Waals surface area contributed by atoms with Crippen LogP contribution >= 0.6 is 0 Å². The second-order valence-electron chi connectivity index (χ2n) is 4.43. The maximum atomic E-state index is 12.6. The van der Waals surface area contributed by atoms with Gasteiger partial charge in [-0.25, -0.2) is 4.98 Å². The fourth-order valence-electron chi connectivity index (χ4n) is 2.09. The number of benzene rings is 1. The molecule has 0 amide bonds. The highest BCUT2D eigenvalue weighted by atomic mass is 19.3. The minimum Gasteiger partial charge on any atom is -0.491 e. The summed E-state index contributed by atoms with van der Waals surface area (Å²) in [4.78, 5) is 3.84. The summed E-state index contributed by atoms with van der Waals surface area (Å²) in [6, 6.07) is 5.14. The van der Waals surface area contributed by atoms with Crippen molar-refractivity contribution in [2.75, 3.05) is 6.61 Å². The highest BCUT2D eigenvalue weighted by Crippen LogP contribution is 2.34. The molecule has 1 aliphatic rings. The average Bonchev–Trinajstić information content (AvgIpc) is 3.03. The SMILES string of the molecule is NC1COc2cc(OCc3nccn3C(F)F)ccc21. The molecule has 1 atom stereocenters. The monoisotopic (exact) mass is 281 g/mol. The largest absolute Gasteiger partial charge is 0.491 e. The van der Waals surface area contributed by atoms with Crippen molar-refractivity contribution in [2.45, 2.75) is 19.2 Å². The van der Waals surface area contributed by atoms with Crippen molar-refractivity contribution in [2.24, 2.45) is 5.73 Å². The molecule has 0 fully saturated rings. The number of halogens is 2. The minimum atomic E-state index is -2.63. The molecule has 0 aliphatic carbocycles. The fourth-order valence-corrected chi connectivity index (χ4v) is 2.09. The molecule has 1 aromatic heterocycles. The van der Waals surface area contributed by atoms with E-state index in [0.29, 0.717) is 18.1 Å². The van der Waals surface area contributed by atoms with E-state index in [1.54, 1.807) is 12.1 Å². The van der Waals surface area contributed by atoms with Gasteiger partial charge in [-0.05, 0) is 12.1 Å². The van der Waals surface area contributed by atoms with E-state index in [4.69, 9.17) is 15.2 Å². The molecule has 0 saturated heterocycles. The van der Waals surface area contributed by atoms with Crippen LogP contribution in [0.15, 0.2) is 30.6 Å². The van der Waals surface area contributed by atoms with Crippen molar-refractivity contribution < 1.29 is 18.3 Å². The van der Waals surface area contributed by atoms with Gasteiger partial charge in [-0.2, -0.15) is 8.78 Å². The Labute approximate surface area is 113 Å². The lowest BCUT2D eigenvalue weighted by Crippen LogP contribution is -2.10. The number of nitrogens with zero attached hydrogens (tertiary/aromatic N) is 2. The molecular formula is C13H13F2N3O2. The Kier molecular flexibility index (Phi) is 3.27. The van der Waals surface area contributed by atoms with Crippen molar-refractivity contribution in [3.63, 3.8) is 0 Å². The fraction of sp³-hybridized carbons (Fsp3) is 0.308. The Hall–Kier alpha value is -2.15. The first-order chi connectivity index (χ1) is 9.65. The van der Waals surface area contributed by atoms with E-state index >= 15 is 0 Å². The summed E-state index contributed by atoms with van der Waals surface area (Å²) in [5.74, 6) is 1.37. The highest BCUT2D eigenvalue weighted by Gasteiger charge is 2.21. The standard InChI is InChI=1S/C13H13F2N3O2/c14-13(15)18-4-3-17-12(18)7-19-8-1-2-9-10(16)6-20-11(9)5-8/h1-5,10,13H,6-7,16H2. The van der Waals surface area contributed by atoms with Crippen LogP contribution in [0.4, 0.5) is 8.78 Å². The molecule has 7 heteroatoms. The number of hydrogen-bond donors (Lipinski definition) is 1. The van der Waals surface area contributed by atoms with Crippen molar-refractivity contribution >= 4 is 0 Å². The summed E-state index contributed by atoms with van der Waals surface area (Å²) in [7, 11) is 0. The van der Waals surface area contributed by atoms with Gasteiger partial charge in [0.1, 0.15) is 24.7 Å². The number of fused-ring (bicyclic) bond motifs is 1. The number of hydrogen-bond acceptors (Lipinski definition) is 4. The van der Waals surface area contributed by atoms with E-state index in [-0.39, 0.29) is 18.5 Å². The second-order valence-corrected chi connectivity index (χ2v) is 4.43. The Morgan fingerprint density at radius 2 is 2.35 bits per heavy atom. The number of imidazole rings is 1. The lowest BCUT2D eigenvalue weighted by molar-refractivity contribution is 0.0632. The third-order valence-electron chi connectivity index (χ3n) is 3.13. The molecule has 2 heterocycles. The van der Waals surface area contributed by atoms with Gasteiger partial charge in [0.2, 0.25) is 0 Å². The molecule has 2 aromatic rings. The zero-order valence-electron chi connectivity index (χ0n) is 10.5. The Bertz CT molecular complexity index is 615. The predicted molar refractivity (Wildman–Crippen MR) is 66.7 cm³/mol. The predicted octanol–water partition coefficient (Wildman–Crippen LogP) is 2.25. The van der Waals surface area contributed by atoms with Crippen LogP contribution in [0.25, 0.3) is 0 Å². The molecule has 5 nitrogen and oxygen atoms in total. The van der Waals surface area contributed by atoms with E-state index in [2.05, 4.69) is 4.98 Å². The molecule has 3 rings (SSSR count). The molecule has 20 heavy (non-hydrogen) atoms. The van der Waals surface area contributed by atoms with Gasteiger partial charge in [0.15, 0.2) is 5.82 Å². The lowest BCUT2D eigenvalue weighted by Gasteiger charge is -2.09. The molecule has 2 N–H and O–H groups in total. The van der Waals surface area contributed by atoms with Gasteiger partial charge in [0, 0.05) is 24.0 Å². The molecule has 0 radical (unpaired) electrons. The van der Waals surface area contributed by atoms with Gasteiger partial charge in [0.05, 0.1) is 6.04 Å². The summed E-state index contributed by atoms with van der Waals surface area (Å²) in [6.45, 7) is -2.23. The third kappa shape index (κ3) is 2.32. The van der Waals surface area contributed by atoms with E-state index < -0.39 is 6.55 Å². The van der Waals surface area contributed by atoms with Gasteiger partial charge < -0.3 is 15.2 Å². The van der Waals surface area contributed by atoms with E-state index in [9.17, 15) is 8.78 Å². The number of alkyl halides is 2. The molecule has 0 saturated carbocycles. The summed E-state index contributed by atoms with van der Waals surface area (Å²) in [6.07, 6.45) is 2.53. The summed E-state index contributed by atoms with van der Waals surface area (Å²) < 4.78 is 36.9. The zero-order chi connectivity index (χ0) is 14.1. The normalized spacial score (nSPS) is 17.1. The number of nitrogens with two attached hydrogens (primary N) is 1. The van der Waals surface area contributed by atoms with Gasteiger partial charge >= 0.3 is 6.55 Å². The minimum absolute atomic E-state index is 0.0395. The lowest BCUT2D eigenvalue weighted by atomic mass is 10.1. The Morgan fingerprint density at radius 3 is 3.15 bits per heavy atom. The van der Waals surface area contributed by atoms with Crippen molar-refractivity contribution in [1.82, 2.24) is 9.55 Å². The summed E-state index contributed by atoms with van der Waals surface area (Å²) in [5.41, 5.74) is 6.76. The summed E-state index contributed by atoms with van der Waals surface area (Å²) in [5, 5.41) is 0. The second kappa shape index (κ2) is 5.09. The van der Waals surface area contributed by atoms with Gasteiger partial charge in [-0.3, -0.25) is 4.57 Å². The number of rotatable bonds is 4. The third-order valence-corrected chi connectivity index (χ3v) is 3.13. The maximum absolute atomic E-state index is 12.6. The van der Waals surface area contributed by atoms with E-state index in [1.165, 1.54) is 12.4 Å². The number of ether oxygens (including phenoxy) is 2. The van der Waals surface area contributed by atoms with Crippen molar-refractivity contribution in [1.29, 1.82) is 0 Å². The van der Waals surface area contributed by atoms with Gasteiger partial charge in [-0.1, -0.05) is 0 Å². The van der Waals surface area contributed by atoms with Crippen LogP contribution < -0.4 is 15.2 Å². The smallest absolute Gasteiger partial charge is 0.320 e. The number of aromatic nitrogens is 2. The van der Waals surface area contributed by atoms with Crippen LogP contribution in [-0.2, 0) is 6.61 Å². The quantitative estimate of drug-likeness (QED) is 0.933. The van der Waals surface area contributed by atoms with Crippen LogP contribution in [0.1, 0.15) is 24.0 Å². The molecule has 1 aliphatic heterocycles. The first-order valence-electron chi connectivity index (χ1n) is 6.10. The van der Waals surface area contributed by atoms with Crippen molar-refractivity contribution in [3.05, 3.63) is 42.0 Å². The first kappa shape index (κ1) is 12.9. The van der Waals surface area contributed by atoms with E-state index in [1.807, 2.05) is 6.07 Å². The molecular weight excluding hydrogens is 268 g/mol. The molecule has 106 valence electrons. The molecule has 0 spiro atoms. The molecule has 0 bridgehead atoms. The van der Waals surface area contributed by atoms with Crippen molar-refractivity contribution in [3.8, 4) is 11.5 Å². The van der Waals surface area contributed by atoms with Crippen LogP contribution in [0, 0.1) is 0 Å². The van der Waals surface area contributed by atoms with Crippen LogP contribution in [0.3, 0.4) is 0 Å². The summed E-state index contributed by atoms with van der Waals surface area (Å²) >= 11 is 0. The topological polar surface area (TPSA) is 62.3 Å². The highest BCUT2D eigenvalue weighted by molar-refractivity contribution is 5.44.